The summed E-state index contributed by atoms with van der Waals surface area (Å²) in [4.78, 5) is 0. The van der Waals surface area contributed by atoms with Gasteiger partial charge in [0.05, 0.1) is 7.11 Å². The van der Waals surface area contributed by atoms with E-state index in [-0.39, 0.29) is 5.75 Å². The summed E-state index contributed by atoms with van der Waals surface area (Å²) in [5.74, 6) is 0.510. The van der Waals surface area contributed by atoms with E-state index >= 15 is 0 Å². The highest BCUT2D eigenvalue weighted by Gasteiger charge is 2.08. The van der Waals surface area contributed by atoms with Crippen LogP contribution in [0, 0.1) is 12.7 Å². The maximum Gasteiger partial charge on any atom is 0.165 e. The van der Waals surface area contributed by atoms with Crippen molar-refractivity contribution in [2.75, 3.05) is 7.11 Å². The maximum atomic E-state index is 13.4. The second-order valence-corrected chi connectivity index (χ2v) is 3.17. The number of benzene rings is 1. The molecule has 0 aliphatic carbocycles. The number of hydrogen-bond acceptors (Lipinski definition) is 3. The fourth-order valence-electron chi connectivity index (χ4n) is 1.33. The molecule has 1 aromatic heterocycles. The Labute approximate surface area is 86.5 Å². The summed E-state index contributed by atoms with van der Waals surface area (Å²) in [7, 11) is 1.43. The summed E-state index contributed by atoms with van der Waals surface area (Å²) in [5.41, 5.74) is 1.29. The van der Waals surface area contributed by atoms with Gasteiger partial charge in [0.1, 0.15) is 11.5 Å². The van der Waals surface area contributed by atoms with Crippen LogP contribution in [0.5, 0.6) is 5.75 Å². The highest BCUT2D eigenvalue weighted by atomic mass is 19.1. The van der Waals surface area contributed by atoms with Gasteiger partial charge in [0.2, 0.25) is 0 Å². The molecular formula is C11H10FNO2. The van der Waals surface area contributed by atoms with Gasteiger partial charge in [-0.2, -0.15) is 0 Å². The van der Waals surface area contributed by atoms with E-state index in [0.29, 0.717) is 17.0 Å². The van der Waals surface area contributed by atoms with Crippen LogP contribution in [0.2, 0.25) is 0 Å². The third-order valence-corrected chi connectivity index (χ3v) is 2.08. The Morgan fingerprint density at radius 1 is 1.33 bits per heavy atom. The summed E-state index contributed by atoms with van der Waals surface area (Å²) in [6, 6.07) is 6.42. The van der Waals surface area contributed by atoms with Crippen molar-refractivity contribution in [3.63, 3.8) is 0 Å². The van der Waals surface area contributed by atoms with Gasteiger partial charge in [-0.3, -0.25) is 0 Å². The van der Waals surface area contributed by atoms with Crippen molar-refractivity contribution in [3.8, 4) is 17.0 Å². The molecule has 0 bridgehead atoms. The summed E-state index contributed by atoms with van der Waals surface area (Å²) >= 11 is 0. The highest BCUT2D eigenvalue weighted by Crippen LogP contribution is 2.24. The van der Waals surface area contributed by atoms with Crippen LogP contribution in [0.25, 0.3) is 11.3 Å². The van der Waals surface area contributed by atoms with E-state index in [1.807, 2.05) is 0 Å². The van der Waals surface area contributed by atoms with E-state index in [1.165, 1.54) is 13.2 Å². The van der Waals surface area contributed by atoms with Gasteiger partial charge in [0, 0.05) is 11.6 Å². The molecule has 2 rings (SSSR count). The normalized spacial score (nSPS) is 10.3. The van der Waals surface area contributed by atoms with Gasteiger partial charge >= 0.3 is 0 Å². The molecule has 0 radical (unpaired) electrons. The number of hydrogen-bond donors (Lipinski definition) is 0. The first-order valence-corrected chi connectivity index (χ1v) is 4.48. The van der Waals surface area contributed by atoms with Gasteiger partial charge in [0.15, 0.2) is 11.6 Å². The monoisotopic (exact) mass is 207 g/mol. The fraction of sp³-hybridized carbons (Fsp3) is 0.182. The second-order valence-electron chi connectivity index (χ2n) is 3.17. The van der Waals surface area contributed by atoms with E-state index in [1.54, 1.807) is 25.1 Å². The molecule has 0 saturated heterocycles. The van der Waals surface area contributed by atoms with Crippen molar-refractivity contribution in [1.82, 2.24) is 5.16 Å². The van der Waals surface area contributed by atoms with Gasteiger partial charge in [-0.05, 0) is 25.1 Å². The van der Waals surface area contributed by atoms with Crippen molar-refractivity contribution in [2.45, 2.75) is 6.92 Å². The molecule has 0 amide bonds. The Bertz CT molecular complexity index is 479. The molecule has 0 saturated carbocycles. The first-order valence-electron chi connectivity index (χ1n) is 4.48. The van der Waals surface area contributed by atoms with Crippen LogP contribution in [-0.2, 0) is 0 Å². The van der Waals surface area contributed by atoms with Gasteiger partial charge < -0.3 is 9.26 Å². The molecule has 0 aliphatic rings. The Morgan fingerprint density at radius 2 is 2.13 bits per heavy atom. The predicted octanol–water partition coefficient (Wildman–Crippen LogP) is 2.80. The number of aryl methyl sites for hydroxylation is 1. The predicted molar refractivity (Wildman–Crippen MR) is 53.2 cm³/mol. The number of ether oxygens (including phenoxy) is 1. The summed E-state index contributed by atoms with van der Waals surface area (Å²) in [6.07, 6.45) is 0. The van der Waals surface area contributed by atoms with Gasteiger partial charge in [-0.1, -0.05) is 5.16 Å². The van der Waals surface area contributed by atoms with E-state index in [4.69, 9.17) is 9.26 Å². The minimum atomic E-state index is -0.407. The number of methoxy groups -OCH3 is 1. The zero-order valence-corrected chi connectivity index (χ0v) is 8.45. The van der Waals surface area contributed by atoms with Crippen molar-refractivity contribution in [2.24, 2.45) is 0 Å². The molecule has 3 nitrogen and oxygen atoms in total. The summed E-state index contributed by atoms with van der Waals surface area (Å²) in [5, 5.41) is 3.80. The van der Waals surface area contributed by atoms with Crippen LogP contribution in [-0.4, -0.2) is 12.3 Å². The van der Waals surface area contributed by atoms with Crippen LogP contribution >= 0.6 is 0 Å². The highest BCUT2D eigenvalue weighted by molar-refractivity contribution is 5.60. The van der Waals surface area contributed by atoms with Gasteiger partial charge in [-0.15, -0.1) is 0 Å². The SMILES string of the molecule is COc1ccc(-c2cc(C)on2)cc1F. The third-order valence-electron chi connectivity index (χ3n) is 2.08. The molecule has 0 atom stereocenters. The Kier molecular flexibility index (Phi) is 2.41. The lowest BCUT2D eigenvalue weighted by Crippen LogP contribution is -1.88. The first-order chi connectivity index (χ1) is 7.20. The average molecular weight is 207 g/mol. The Morgan fingerprint density at radius 3 is 2.67 bits per heavy atom. The minimum absolute atomic E-state index is 0.221. The second kappa shape index (κ2) is 3.73. The lowest BCUT2D eigenvalue weighted by Gasteiger charge is -2.02. The molecule has 4 heteroatoms. The van der Waals surface area contributed by atoms with E-state index in [9.17, 15) is 4.39 Å². The van der Waals surface area contributed by atoms with Crippen molar-refractivity contribution in [3.05, 3.63) is 35.8 Å². The number of aromatic nitrogens is 1. The van der Waals surface area contributed by atoms with Crippen molar-refractivity contribution >= 4 is 0 Å². The lowest BCUT2D eigenvalue weighted by molar-refractivity contribution is 0.386. The van der Waals surface area contributed by atoms with E-state index in [0.717, 1.165) is 0 Å². The molecule has 0 N–H and O–H groups in total. The van der Waals surface area contributed by atoms with Crippen molar-refractivity contribution < 1.29 is 13.7 Å². The number of nitrogens with zero attached hydrogens (tertiary/aromatic N) is 1. The Balaban J connectivity index is 2.42. The molecule has 0 unspecified atom stereocenters. The largest absolute Gasteiger partial charge is 0.494 e. The van der Waals surface area contributed by atoms with Crippen LogP contribution in [0.3, 0.4) is 0 Å². The van der Waals surface area contributed by atoms with Crippen LogP contribution < -0.4 is 4.74 Å². The number of rotatable bonds is 2. The molecule has 0 spiro atoms. The zero-order valence-electron chi connectivity index (χ0n) is 8.45. The summed E-state index contributed by atoms with van der Waals surface area (Å²) < 4.78 is 23.1. The van der Waals surface area contributed by atoms with Crippen LogP contribution in [0.15, 0.2) is 28.8 Å². The van der Waals surface area contributed by atoms with Crippen LogP contribution in [0.4, 0.5) is 4.39 Å². The molecule has 15 heavy (non-hydrogen) atoms. The summed E-state index contributed by atoms with van der Waals surface area (Å²) in [6.45, 7) is 1.79. The Hall–Kier alpha value is -1.84. The van der Waals surface area contributed by atoms with Gasteiger partial charge in [-0.25, -0.2) is 4.39 Å². The molecule has 78 valence electrons. The smallest absolute Gasteiger partial charge is 0.165 e. The molecule has 0 aliphatic heterocycles. The third kappa shape index (κ3) is 1.83. The molecule has 1 heterocycles. The quantitative estimate of drug-likeness (QED) is 0.759. The van der Waals surface area contributed by atoms with Crippen molar-refractivity contribution in [1.29, 1.82) is 0 Å². The first kappa shape index (κ1) is 9.71. The molecule has 2 aromatic rings. The zero-order chi connectivity index (χ0) is 10.8. The topological polar surface area (TPSA) is 35.3 Å². The maximum absolute atomic E-state index is 13.4. The standard InChI is InChI=1S/C11H10FNO2/c1-7-5-10(13-15-7)8-3-4-11(14-2)9(12)6-8/h3-6H,1-2H3. The molecular weight excluding hydrogens is 197 g/mol. The molecule has 1 aromatic carbocycles. The number of halogens is 1. The van der Waals surface area contributed by atoms with E-state index < -0.39 is 5.82 Å². The average Bonchev–Trinajstić information content (AvgIpc) is 2.65. The molecule has 0 fully saturated rings. The minimum Gasteiger partial charge on any atom is -0.494 e. The lowest BCUT2D eigenvalue weighted by atomic mass is 10.1. The fourth-order valence-corrected chi connectivity index (χ4v) is 1.33. The van der Waals surface area contributed by atoms with Gasteiger partial charge in [0.25, 0.3) is 0 Å². The van der Waals surface area contributed by atoms with Crippen LogP contribution in [0.1, 0.15) is 5.76 Å². The van der Waals surface area contributed by atoms with E-state index in [2.05, 4.69) is 5.16 Å².